The number of ether oxygens (including phenoxy) is 1. The lowest BCUT2D eigenvalue weighted by Crippen LogP contribution is -2.30. The molecule has 1 aromatic heterocycles. The fraction of sp³-hybridized carbons (Fsp3) is 0.733. The largest absolute Gasteiger partial charge is 0.389 e. The summed E-state index contributed by atoms with van der Waals surface area (Å²) in [6.07, 6.45) is 4.43. The van der Waals surface area contributed by atoms with E-state index in [1.165, 1.54) is 30.4 Å². The van der Waals surface area contributed by atoms with Crippen LogP contribution in [-0.2, 0) is 11.3 Å². The minimum absolute atomic E-state index is 0.412. The van der Waals surface area contributed by atoms with Crippen LogP contribution in [0.1, 0.15) is 43.7 Å². The number of aryl methyl sites for hydroxylation is 1. The Morgan fingerprint density at radius 3 is 2.84 bits per heavy atom. The molecule has 0 aliphatic carbocycles. The van der Waals surface area contributed by atoms with Gasteiger partial charge >= 0.3 is 0 Å². The molecule has 3 nitrogen and oxygen atoms in total. The van der Waals surface area contributed by atoms with Gasteiger partial charge in [-0.25, -0.2) is 0 Å². The van der Waals surface area contributed by atoms with Gasteiger partial charge in [0.15, 0.2) is 0 Å². The highest BCUT2D eigenvalue weighted by molar-refractivity contribution is 7.08. The highest BCUT2D eigenvalue weighted by atomic mass is 32.1. The van der Waals surface area contributed by atoms with Crippen molar-refractivity contribution in [1.82, 2.24) is 5.32 Å². The van der Waals surface area contributed by atoms with Gasteiger partial charge in [-0.2, -0.15) is 11.3 Å². The molecule has 1 aromatic rings. The van der Waals surface area contributed by atoms with Gasteiger partial charge in [-0.1, -0.05) is 26.2 Å². The summed E-state index contributed by atoms with van der Waals surface area (Å²) in [7, 11) is 0. The summed E-state index contributed by atoms with van der Waals surface area (Å²) in [6, 6.07) is 0. The molecular weight excluding hydrogens is 258 g/mol. The van der Waals surface area contributed by atoms with Gasteiger partial charge in [-0.05, 0) is 35.2 Å². The molecule has 19 heavy (non-hydrogen) atoms. The van der Waals surface area contributed by atoms with E-state index in [0.717, 1.165) is 19.6 Å². The summed E-state index contributed by atoms with van der Waals surface area (Å²) in [5.74, 6) is 0. The molecule has 0 aromatic carbocycles. The van der Waals surface area contributed by atoms with Gasteiger partial charge in [0.1, 0.15) is 0 Å². The van der Waals surface area contributed by atoms with Crippen LogP contribution in [0.15, 0.2) is 10.8 Å². The van der Waals surface area contributed by atoms with Crippen molar-refractivity contribution in [3.63, 3.8) is 0 Å². The Morgan fingerprint density at radius 1 is 1.32 bits per heavy atom. The number of nitrogens with one attached hydrogen (secondary N) is 1. The molecule has 0 spiro atoms. The summed E-state index contributed by atoms with van der Waals surface area (Å²) in [5, 5.41) is 17.3. The number of hydrogen-bond donors (Lipinski definition) is 2. The highest BCUT2D eigenvalue weighted by Gasteiger charge is 2.05. The van der Waals surface area contributed by atoms with Crippen molar-refractivity contribution in [1.29, 1.82) is 0 Å². The highest BCUT2D eigenvalue weighted by Crippen LogP contribution is 2.12. The molecule has 0 amide bonds. The third-order valence-corrected chi connectivity index (χ3v) is 4.02. The molecule has 0 saturated carbocycles. The van der Waals surface area contributed by atoms with Crippen LogP contribution in [0.3, 0.4) is 0 Å². The minimum atomic E-state index is -0.412. The quantitative estimate of drug-likeness (QED) is 0.614. The third kappa shape index (κ3) is 7.67. The topological polar surface area (TPSA) is 41.5 Å². The number of rotatable bonds is 11. The Hall–Kier alpha value is -0.420. The van der Waals surface area contributed by atoms with E-state index in [4.69, 9.17) is 4.74 Å². The van der Waals surface area contributed by atoms with Gasteiger partial charge in [0.25, 0.3) is 0 Å². The number of thiophene rings is 1. The Morgan fingerprint density at radius 2 is 2.16 bits per heavy atom. The smallest absolute Gasteiger partial charge is 0.0897 e. The second-order valence-corrected chi connectivity index (χ2v) is 5.74. The lowest BCUT2D eigenvalue weighted by molar-refractivity contribution is 0.0353. The van der Waals surface area contributed by atoms with Crippen molar-refractivity contribution < 1.29 is 9.84 Å². The first-order valence-corrected chi connectivity index (χ1v) is 8.16. The van der Waals surface area contributed by atoms with E-state index in [0.29, 0.717) is 13.2 Å². The SMILES string of the molecule is CCCCCCOCC(O)CNCc1cscc1C. The van der Waals surface area contributed by atoms with Crippen LogP contribution in [0, 0.1) is 6.92 Å². The zero-order valence-corrected chi connectivity index (χ0v) is 13.0. The normalized spacial score (nSPS) is 12.8. The average Bonchev–Trinajstić information content (AvgIpc) is 2.79. The number of unbranched alkanes of at least 4 members (excludes halogenated alkanes) is 3. The van der Waals surface area contributed by atoms with Gasteiger partial charge in [0, 0.05) is 19.7 Å². The fourth-order valence-electron chi connectivity index (χ4n) is 1.85. The third-order valence-electron chi connectivity index (χ3n) is 3.11. The summed E-state index contributed by atoms with van der Waals surface area (Å²) < 4.78 is 5.47. The van der Waals surface area contributed by atoms with Gasteiger partial charge < -0.3 is 15.2 Å². The second kappa shape index (κ2) is 10.4. The zero-order valence-electron chi connectivity index (χ0n) is 12.2. The Bertz CT molecular complexity index is 328. The van der Waals surface area contributed by atoms with E-state index in [2.05, 4.69) is 29.9 Å². The molecule has 2 N–H and O–H groups in total. The van der Waals surface area contributed by atoms with Crippen molar-refractivity contribution in [2.75, 3.05) is 19.8 Å². The van der Waals surface area contributed by atoms with Gasteiger partial charge in [0.2, 0.25) is 0 Å². The standard InChI is InChI=1S/C15H27NO2S/c1-3-4-5-6-7-18-10-15(17)9-16-8-14-12-19-11-13(14)2/h11-12,15-17H,3-10H2,1-2H3. The number of aliphatic hydroxyl groups is 1. The van der Waals surface area contributed by atoms with Crippen LogP contribution in [0.4, 0.5) is 0 Å². The lowest BCUT2D eigenvalue weighted by Gasteiger charge is -2.12. The zero-order chi connectivity index (χ0) is 13.9. The van der Waals surface area contributed by atoms with Crippen molar-refractivity contribution in [3.8, 4) is 0 Å². The fourth-order valence-corrected chi connectivity index (χ4v) is 2.71. The first-order valence-electron chi connectivity index (χ1n) is 7.22. The summed E-state index contributed by atoms with van der Waals surface area (Å²) in [6.45, 7) is 6.92. The van der Waals surface area contributed by atoms with E-state index in [9.17, 15) is 5.11 Å². The van der Waals surface area contributed by atoms with E-state index in [1.807, 2.05) is 0 Å². The van der Waals surface area contributed by atoms with Crippen LogP contribution in [0.2, 0.25) is 0 Å². The van der Waals surface area contributed by atoms with E-state index >= 15 is 0 Å². The number of aliphatic hydroxyl groups excluding tert-OH is 1. The molecule has 4 heteroatoms. The van der Waals surface area contributed by atoms with Crippen LogP contribution in [0.5, 0.6) is 0 Å². The Balaban J connectivity index is 1.96. The van der Waals surface area contributed by atoms with Crippen LogP contribution < -0.4 is 5.32 Å². The van der Waals surface area contributed by atoms with E-state index in [-0.39, 0.29) is 0 Å². The van der Waals surface area contributed by atoms with Crippen LogP contribution in [-0.4, -0.2) is 31.0 Å². The van der Waals surface area contributed by atoms with Crippen LogP contribution >= 0.6 is 11.3 Å². The van der Waals surface area contributed by atoms with Gasteiger partial charge in [-0.3, -0.25) is 0 Å². The van der Waals surface area contributed by atoms with Crippen molar-refractivity contribution >= 4 is 11.3 Å². The van der Waals surface area contributed by atoms with E-state index < -0.39 is 6.10 Å². The molecule has 0 fully saturated rings. The monoisotopic (exact) mass is 285 g/mol. The first kappa shape index (κ1) is 16.6. The maximum atomic E-state index is 9.76. The summed E-state index contributed by atoms with van der Waals surface area (Å²) in [4.78, 5) is 0. The molecule has 1 rings (SSSR count). The predicted octanol–water partition coefficient (Wildman–Crippen LogP) is 3.10. The van der Waals surface area contributed by atoms with Crippen molar-refractivity contribution in [3.05, 3.63) is 21.9 Å². The molecule has 0 radical (unpaired) electrons. The van der Waals surface area contributed by atoms with Crippen molar-refractivity contribution in [2.24, 2.45) is 0 Å². The molecule has 0 bridgehead atoms. The maximum absolute atomic E-state index is 9.76. The molecule has 1 unspecified atom stereocenters. The molecule has 0 aliphatic rings. The minimum Gasteiger partial charge on any atom is -0.389 e. The molecule has 1 atom stereocenters. The van der Waals surface area contributed by atoms with Crippen LogP contribution in [0.25, 0.3) is 0 Å². The van der Waals surface area contributed by atoms with Gasteiger partial charge in [0.05, 0.1) is 12.7 Å². The maximum Gasteiger partial charge on any atom is 0.0897 e. The molecule has 0 saturated heterocycles. The Labute approximate surface area is 121 Å². The summed E-state index contributed by atoms with van der Waals surface area (Å²) >= 11 is 1.72. The van der Waals surface area contributed by atoms with E-state index in [1.54, 1.807) is 11.3 Å². The second-order valence-electron chi connectivity index (χ2n) is 5.00. The Kier molecular flexibility index (Phi) is 9.08. The molecule has 1 heterocycles. The van der Waals surface area contributed by atoms with Gasteiger partial charge in [-0.15, -0.1) is 0 Å². The predicted molar refractivity (Wildman–Crippen MR) is 81.7 cm³/mol. The first-order chi connectivity index (χ1) is 9.24. The summed E-state index contributed by atoms with van der Waals surface area (Å²) in [5.41, 5.74) is 2.64. The lowest BCUT2D eigenvalue weighted by atomic mass is 10.2. The average molecular weight is 285 g/mol. The molecule has 0 aliphatic heterocycles. The molecule has 110 valence electrons. The van der Waals surface area contributed by atoms with Crippen molar-refractivity contribution in [2.45, 2.75) is 52.2 Å². The number of hydrogen-bond acceptors (Lipinski definition) is 4. The molecular formula is C15H27NO2S.